The van der Waals surface area contributed by atoms with Crippen LogP contribution in [0.4, 0.5) is 10.7 Å². The number of hydrogen-bond acceptors (Lipinski definition) is 7. The molecule has 0 spiro atoms. The summed E-state index contributed by atoms with van der Waals surface area (Å²) in [6, 6.07) is 9.72. The number of ether oxygens (including phenoxy) is 1. The van der Waals surface area contributed by atoms with Crippen LogP contribution in [0, 0.1) is 0 Å². The van der Waals surface area contributed by atoms with E-state index in [-0.39, 0.29) is 0 Å². The Hall–Kier alpha value is -3.75. The minimum absolute atomic E-state index is 0.446. The third-order valence-electron chi connectivity index (χ3n) is 4.25. The summed E-state index contributed by atoms with van der Waals surface area (Å²) in [6.45, 7) is 6.05. The monoisotopic (exact) mass is 405 g/mol. The number of carbonyl (C=O) groups excluding carboxylic acids is 1. The van der Waals surface area contributed by atoms with Gasteiger partial charge in [0.15, 0.2) is 0 Å². The van der Waals surface area contributed by atoms with Gasteiger partial charge in [0.1, 0.15) is 24.1 Å². The molecule has 3 heterocycles. The van der Waals surface area contributed by atoms with Gasteiger partial charge in [0.25, 0.3) is 0 Å². The zero-order valence-corrected chi connectivity index (χ0v) is 17.1. The molecule has 0 aliphatic heterocycles. The lowest BCUT2D eigenvalue weighted by molar-refractivity contribution is 0.0536. The van der Waals surface area contributed by atoms with E-state index in [1.165, 1.54) is 10.9 Å². The number of hydrogen-bond donors (Lipinski definition) is 1. The minimum atomic E-state index is -0.550. The van der Waals surface area contributed by atoms with Crippen LogP contribution >= 0.6 is 0 Å². The average Bonchev–Trinajstić information content (AvgIpc) is 3.34. The van der Waals surface area contributed by atoms with E-state index < -0.39 is 11.7 Å². The topological polar surface area (TPSA) is 99.8 Å². The molecular formula is C21H23N7O2. The van der Waals surface area contributed by atoms with Crippen molar-refractivity contribution in [1.82, 2.24) is 29.1 Å². The second-order valence-electron chi connectivity index (χ2n) is 7.77. The van der Waals surface area contributed by atoms with E-state index in [1.807, 2.05) is 55.7 Å². The van der Waals surface area contributed by atoms with E-state index in [9.17, 15) is 4.79 Å². The number of anilines is 1. The highest BCUT2D eigenvalue weighted by atomic mass is 16.6. The Balaban J connectivity index is 1.39. The molecule has 1 N–H and O–H groups in total. The van der Waals surface area contributed by atoms with Crippen molar-refractivity contribution in [3.8, 4) is 5.82 Å². The fourth-order valence-electron chi connectivity index (χ4n) is 2.92. The molecule has 154 valence electrons. The summed E-state index contributed by atoms with van der Waals surface area (Å²) in [5.74, 6) is 1.24. The van der Waals surface area contributed by atoms with Gasteiger partial charge >= 0.3 is 6.09 Å². The molecule has 3 aromatic heterocycles. The molecule has 1 aromatic carbocycles. The number of imidazole rings is 2. The first-order chi connectivity index (χ1) is 14.4. The van der Waals surface area contributed by atoms with Crippen LogP contribution in [-0.4, -0.2) is 47.3 Å². The van der Waals surface area contributed by atoms with Crippen LogP contribution in [0.3, 0.4) is 0 Å². The number of fused-ring (bicyclic) bond motifs is 1. The average molecular weight is 405 g/mol. The van der Waals surface area contributed by atoms with Crippen molar-refractivity contribution in [2.75, 3.05) is 11.9 Å². The summed E-state index contributed by atoms with van der Waals surface area (Å²) in [5.41, 5.74) is 2.11. The zero-order chi connectivity index (χ0) is 21.1. The van der Waals surface area contributed by atoms with Gasteiger partial charge < -0.3 is 10.1 Å². The number of nitrogens with zero attached hydrogens (tertiary/aromatic N) is 6. The predicted molar refractivity (Wildman–Crippen MR) is 113 cm³/mol. The first-order valence-electron chi connectivity index (χ1n) is 9.65. The largest absolute Gasteiger partial charge is 0.443 e. The Morgan fingerprint density at radius 1 is 1.10 bits per heavy atom. The Morgan fingerprint density at radius 2 is 1.93 bits per heavy atom. The van der Waals surface area contributed by atoms with Crippen molar-refractivity contribution in [1.29, 1.82) is 0 Å². The van der Waals surface area contributed by atoms with Crippen LogP contribution in [0.15, 0.2) is 55.4 Å². The van der Waals surface area contributed by atoms with Gasteiger partial charge in [-0.1, -0.05) is 12.1 Å². The molecule has 4 rings (SSSR count). The Morgan fingerprint density at radius 3 is 2.77 bits per heavy atom. The molecule has 0 unspecified atom stereocenters. The Bertz CT molecular complexity index is 1170. The number of para-hydroxylation sites is 2. The predicted octanol–water partition coefficient (Wildman–Crippen LogP) is 3.45. The van der Waals surface area contributed by atoms with Crippen molar-refractivity contribution >= 4 is 23.1 Å². The van der Waals surface area contributed by atoms with Crippen LogP contribution in [0.2, 0.25) is 0 Å². The van der Waals surface area contributed by atoms with Crippen molar-refractivity contribution in [2.24, 2.45) is 0 Å². The third kappa shape index (κ3) is 4.45. The SMILES string of the molecule is CC(C)(C)OC(=O)n1cnc(CCNc2nccc(-n3cnc4ccccc43)n2)c1. The molecule has 0 saturated heterocycles. The van der Waals surface area contributed by atoms with E-state index in [1.54, 1.807) is 18.7 Å². The van der Waals surface area contributed by atoms with Crippen molar-refractivity contribution in [3.63, 3.8) is 0 Å². The highest BCUT2D eigenvalue weighted by molar-refractivity contribution is 5.76. The minimum Gasteiger partial charge on any atom is -0.443 e. The number of aromatic nitrogens is 6. The molecule has 0 aliphatic carbocycles. The van der Waals surface area contributed by atoms with Gasteiger partial charge in [-0.3, -0.25) is 4.57 Å². The van der Waals surface area contributed by atoms with Crippen LogP contribution in [0.1, 0.15) is 26.5 Å². The van der Waals surface area contributed by atoms with Gasteiger partial charge in [0, 0.05) is 25.4 Å². The first-order valence-corrected chi connectivity index (χ1v) is 9.65. The lowest BCUT2D eigenvalue weighted by atomic mass is 10.2. The molecule has 0 amide bonds. The number of rotatable bonds is 5. The molecule has 9 nitrogen and oxygen atoms in total. The van der Waals surface area contributed by atoms with Crippen LogP contribution in [-0.2, 0) is 11.2 Å². The summed E-state index contributed by atoms with van der Waals surface area (Å²) >= 11 is 0. The van der Waals surface area contributed by atoms with Crippen molar-refractivity contribution in [2.45, 2.75) is 32.8 Å². The second-order valence-corrected chi connectivity index (χ2v) is 7.77. The number of benzene rings is 1. The van der Waals surface area contributed by atoms with E-state index in [0.717, 1.165) is 22.5 Å². The normalized spacial score (nSPS) is 11.6. The summed E-state index contributed by atoms with van der Waals surface area (Å²) in [6.07, 6.45) is 6.75. The highest BCUT2D eigenvalue weighted by Gasteiger charge is 2.18. The molecule has 4 aromatic rings. The summed E-state index contributed by atoms with van der Waals surface area (Å²) in [7, 11) is 0. The smallest absolute Gasteiger partial charge is 0.419 e. The standard InChI is InChI=1S/C21H23N7O2/c1-21(2,3)30-20(29)27-12-15(24-13-27)8-10-22-19-23-11-9-18(26-19)28-14-25-16-6-4-5-7-17(16)28/h4-7,9,11-14H,8,10H2,1-3H3,(H,22,23,26). The van der Waals surface area contributed by atoms with E-state index in [0.29, 0.717) is 18.9 Å². The fourth-order valence-corrected chi connectivity index (χ4v) is 2.92. The first kappa shape index (κ1) is 19.6. The van der Waals surface area contributed by atoms with Crippen LogP contribution in [0.25, 0.3) is 16.9 Å². The summed E-state index contributed by atoms with van der Waals surface area (Å²) in [4.78, 5) is 29.6. The maximum absolute atomic E-state index is 12.1. The Labute approximate surface area is 173 Å². The molecule has 0 bridgehead atoms. The van der Waals surface area contributed by atoms with Gasteiger partial charge in [-0.25, -0.2) is 24.3 Å². The van der Waals surface area contributed by atoms with E-state index in [2.05, 4.69) is 25.3 Å². The lowest BCUT2D eigenvalue weighted by Gasteiger charge is -2.19. The van der Waals surface area contributed by atoms with Gasteiger partial charge in [-0.2, -0.15) is 4.98 Å². The quantitative estimate of drug-likeness (QED) is 0.543. The second kappa shape index (κ2) is 7.94. The molecule has 9 heteroatoms. The van der Waals surface area contributed by atoms with Gasteiger partial charge in [-0.05, 0) is 39.0 Å². The summed E-state index contributed by atoms with van der Waals surface area (Å²) in [5, 5.41) is 3.20. The molecule has 0 saturated carbocycles. The molecule has 30 heavy (non-hydrogen) atoms. The van der Waals surface area contributed by atoms with Crippen molar-refractivity contribution < 1.29 is 9.53 Å². The van der Waals surface area contributed by atoms with Gasteiger partial charge in [-0.15, -0.1) is 0 Å². The maximum atomic E-state index is 12.1. The van der Waals surface area contributed by atoms with Crippen LogP contribution in [0.5, 0.6) is 0 Å². The fraction of sp³-hybridized carbons (Fsp3) is 0.286. The molecule has 0 atom stereocenters. The number of carbonyl (C=O) groups is 1. The summed E-state index contributed by atoms with van der Waals surface area (Å²) < 4.78 is 8.60. The molecule has 0 aliphatic rings. The van der Waals surface area contributed by atoms with E-state index >= 15 is 0 Å². The highest BCUT2D eigenvalue weighted by Crippen LogP contribution is 2.17. The zero-order valence-electron chi connectivity index (χ0n) is 17.1. The van der Waals surface area contributed by atoms with Gasteiger partial charge in [0.05, 0.1) is 16.7 Å². The molecular weight excluding hydrogens is 382 g/mol. The van der Waals surface area contributed by atoms with E-state index in [4.69, 9.17) is 4.74 Å². The third-order valence-corrected chi connectivity index (χ3v) is 4.25. The van der Waals surface area contributed by atoms with Crippen molar-refractivity contribution in [3.05, 3.63) is 61.1 Å². The van der Waals surface area contributed by atoms with Crippen LogP contribution < -0.4 is 5.32 Å². The lowest BCUT2D eigenvalue weighted by Crippen LogP contribution is -2.26. The van der Waals surface area contributed by atoms with Gasteiger partial charge in [0.2, 0.25) is 5.95 Å². The number of nitrogens with one attached hydrogen (secondary N) is 1. The Kier molecular flexibility index (Phi) is 5.18. The molecule has 0 radical (unpaired) electrons. The molecule has 0 fully saturated rings. The maximum Gasteiger partial charge on any atom is 0.419 e.